The van der Waals surface area contributed by atoms with E-state index in [-0.39, 0.29) is 24.0 Å². The average Bonchev–Trinajstić information content (AvgIpc) is 2.52. The minimum Gasteiger partial charge on any atom is -0.355 e. The van der Waals surface area contributed by atoms with Gasteiger partial charge < -0.3 is 15.5 Å². The molecule has 0 saturated carbocycles. The molecule has 1 fully saturated rings. The molecule has 1 heterocycles. The van der Waals surface area contributed by atoms with Gasteiger partial charge in [-0.15, -0.1) is 24.0 Å². The van der Waals surface area contributed by atoms with E-state index in [4.69, 9.17) is 0 Å². The van der Waals surface area contributed by atoms with Gasteiger partial charge in [-0.3, -0.25) is 4.99 Å². The SMILES string of the molecule is CN=C(NCCN1CCC(C)CC1)NCc1cccc(C)c1.I. The summed E-state index contributed by atoms with van der Waals surface area (Å²) in [5.41, 5.74) is 2.58. The molecule has 0 aromatic heterocycles. The summed E-state index contributed by atoms with van der Waals surface area (Å²) in [4.78, 5) is 6.84. The number of halogens is 1. The quantitative estimate of drug-likeness (QED) is 0.429. The van der Waals surface area contributed by atoms with Crippen LogP contribution in [0.4, 0.5) is 0 Å². The summed E-state index contributed by atoms with van der Waals surface area (Å²) >= 11 is 0. The fourth-order valence-electron chi connectivity index (χ4n) is 2.85. The lowest BCUT2D eigenvalue weighted by Crippen LogP contribution is -2.43. The summed E-state index contributed by atoms with van der Waals surface area (Å²) in [6.45, 7) is 9.79. The smallest absolute Gasteiger partial charge is 0.191 e. The Kier molecular flexibility index (Phi) is 9.55. The molecule has 1 aliphatic rings. The maximum absolute atomic E-state index is 4.30. The number of rotatable bonds is 5. The minimum atomic E-state index is 0. The van der Waals surface area contributed by atoms with E-state index in [9.17, 15) is 0 Å². The first-order valence-electron chi connectivity index (χ1n) is 8.40. The zero-order valence-corrected chi connectivity index (χ0v) is 17.0. The molecule has 1 aromatic carbocycles. The van der Waals surface area contributed by atoms with Crippen molar-refractivity contribution >= 4 is 29.9 Å². The molecule has 1 saturated heterocycles. The van der Waals surface area contributed by atoms with Crippen LogP contribution >= 0.6 is 24.0 Å². The predicted octanol–water partition coefficient (Wildman–Crippen LogP) is 3.01. The zero-order valence-electron chi connectivity index (χ0n) is 14.6. The normalized spacial score (nSPS) is 16.7. The van der Waals surface area contributed by atoms with Crippen LogP contribution in [0, 0.1) is 12.8 Å². The molecule has 0 radical (unpaired) electrons. The highest BCUT2D eigenvalue weighted by Gasteiger charge is 2.14. The van der Waals surface area contributed by atoms with Crippen LogP contribution < -0.4 is 10.6 Å². The topological polar surface area (TPSA) is 39.7 Å². The third-order valence-electron chi connectivity index (χ3n) is 4.36. The van der Waals surface area contributed by atoms with Crippen molar-refractivity contribution in [3.05, 3.63) is 35.4 Å². The van der Waals surface area contributed by atoms with Gasteiger partial charge in [-0.1, -0.05) is 36.8 Å². The number of aliphatic imine (C=N–C) groups is 1. The van der Waals surface area contributed by atoms with Crippen molar-refractivity contribution in [3.8, 4) is 0 Å². The van der Waals surface area contributed by atoms with Crippen molar-refractivity contribution in [1.29, 1.82) is 0 Å². The van der Waals surface area contributed by atoms with Gasteiger partial charge in [-0.2, -0.15) is 0 Å². The zero-order chi connectivity index (χ0) is 15.8. The van der Waals surface area contributed by atoms with E-state index in [2.05, 4.69) is 58.6 Å². The Morgan fingerprint density at radius 1 is 1.26 bits per heavy atom. The van der Waals surface area contributed by atoms with Crippen LogP contribution in [0.25, 0.3) is 0 Å². The summed E-state index contributed by atoms with van der Waals surface area (Å²) in [5.74, 6) is 1.78. The van der Waals surface area contributed by atoms with Crippen LogP contribution in [-0.2, 0) is 6.54 Å². The Balaban J connectivity index is 0.00000264. The van der Waals surface area contributed by atoms with Gasteiger partial charge in [0.15, 0.2) is 5.96 Å². The van der Waals surface area contributed by atoms with Crippen LogP contribution in [0.3, 0.4) is 0 Å². The Morgan fingerprint density at radius 2 is 2.00 bits per heavy atom. The van der Waals surface area contributed by atoms with Gasteiger partial charge in [0.2, 0.25) is 0 Å². The molecule has 0 unspecified atom stereocenters. The maximum Gasteiger partial charge on any atom is 0.191 e. The van der Waals surface area contributed by atoms with E-state index >= 15 is 0 Å². The van der Waals surface area contributed by atoms with Gasteiger partial charge in [0.25, 0.3) is 0 Å². The second kappa shape index (κ2) is 10.9. The molecular formula is C18H31IN4. The number of nitrogens with one attached hydrogen (secondary N) is 2. The fourth-order valence-corrected chi connectivity index (χ4v) is 2.85. The molecule has 2 rings (SSSR count). The number of benzene rings is 1. The third kappa shape index (κ3) is 7.52. The summed E-state index contributed by atoms with van der Waals surface area (Å²) in [7, 11) is 1.83. The van der Waals surface area contributed by atoms with Crippen LogP contribution in [0.5, 0.6) is 0 Å². The van der Waals surface area contributed by atoms with E-state index in [0.717, 1.165) is 31.5 Å². The molecule has 0 aliphatic carbocycles. The number of aryl methyl sites for hydroxylation is 1. The molecule has 4 nitrogen and oxygen atoms in total. The van der Waals surface area contributed by atoms with E-state index in [0.29, 0.717) is 0 Å². The van der Waals surface area contributed by atoms with Crippen LogP contribution in [0.15, 0.2) is 29.3 Å². The summed E-state index contributed by atoms with van der Waals surface area (Å²) in [5, 5.41) is 6.79. The Bertz CT molecular complexity index is 482. The highest BCUT2D eigenvalue weighted by Crippen LogP contribution is 2.15. The van der Waals surface area contributed by atoms with Crippen molar-refractivity contribution in [2.45, 2.75) is 33.2 Å². The Morgan fingerprint density at radius 3 is 2.65 bits per heavy atom. The van der Waals surface area contributed by atoms with Gasteiger partial charge in [0.1, 0.15) is 0 Å². The number of hydrogen-bond acceptors (Lipinski definition) is 2. The van der Waals surface area contributed by atoms with E-state index in [1.165, 1.54) is 37.1 Å². The minimum absolute atomic E-state index is 0. The number of likely N-dealkylation sites (tertiary alicyclic amines) is 1. The third-order valence-corrected chi connectivity index (χ3v) is 4.36. The van der Waals surface area contributed by atoms with Gasteiger partial charge in [0.05, 0.1) is 0 Å². The molecule has 0 spiro atoms. The molecule has 0 atom stereocenters. The number of piperidine rings is 1. The van der Waals surface area contributed by atoms with E-state index in [1.807, 2.05) is 7.05 Å². The van der Waals surface area contributed by atoms with E-state index < -0.39 is 0 Å². The first kappa shape index (κ1) is 20.2. The molecule has 23 heavy (non-hydrogen) atoms. The van der Waals surface area contributed by atoms with Gasteiger partial charge >= 0.3 is 0 Å². The summed E-state index contributed by atoms with van der Waals surface area (Å²) < 4.78 is 0. The van der Waals surface area contributed by atoms with Crippen LogP contribution in [-0.4, -0.2) is 44.1 Å². The monoisotopic (exact) mass is 430 g/mol. The lowest BCUT2D eigenvalue weighted by molar-refractivity contribution is 0.195. The van der Waals surface area contributed by atoms with Gasteiger partial charge in [0, 0.05) is 26.7 Å². The predicted molar refractivity (Wildman–Crippen MR) is 110 cm³/mol. The largest absolute Gasteiger partial charge is 0.355 e. The van der Waals surface area contributed by atoms with Crippen molar-refractivity contribution in [1.82, 2.24) is 15.5 Å². The molecular weight excluding hydrogens is 399 g/mol. The van der Waals surface area contributed by atoms with Gasteiger partial charge in [-0.05, 0) is 44.3 Å². The van der Waals surface area contributed by atoms with Crippen molar-refractivity contribution in [2.24, 2.45) is 10.9 Å². The fraction of sp³-hybridized carbons (Fsp3) is 0.611. The Hall–Kier alpha value is -0.820. The molecule has 130 valence electrons. The van der Waals surface area contributed by atoms with E-state index in [1.54, 1.807) is 0 Å². The number of guanidine groups is 1. The second-order valence-corrected chi connectivity index (χ2v) is 6.37. The first-order valence-corrected chi connectivity index (χ1v) is 8.40. The molecule has 5 heteroatoms. The van der Waals surface area contributed by atoms with Crippen molar-refractivity contribution in [3.63, 3.8) is 0 Å². The molecule has 1 aliphatic heterocycles. The highest BCUT2D eigenvalue weighted by molar-refractivity contribution is 14.0. The van der Waals surface area contributed by atoms with Gasteiger partial charge in [-0.25, -0.2) is 0 Å². The highest BCUT2D eigenvalue weighted by atomic mass is 127. The van der Waals surface area contributed by atoms with Crippen molar-refractivity contribution < 1.29 is 0 Å². The molecule has 0 bridgehead atoms. The maximum atomic E-state index is 4.30. The molecule has 2 N–H and O–H groups in total. The van der Waals surface area contributed by atoms with Crippen LogP contribution in [0.1, 0.15) is 30.9 Å². The van der Waals surface area contributed by atoms with Crippen molar-refractivity contribution in [2.75, 3.05) is 33.2 Å². The first-order chi connectivity index (χ1) is 10.7. The van der Waals surface area contributed by atoms with Crippen LogP contribution in [0.2, 0.25) is 0 Å². The standard InChI is InChI=1S/C18H30N4.HI/c1-15-7-10-22(11-8-15)12-9-20-18(19-3)21-14-17-6-4-5-16(2)13-17;/h4-6,13,15H,7-12,14H2,1-3H3,(H2,19,20,21);1H. The average molecular weight is 430 g/mol. The summed E-state index contributed by atoms with van der Waals surface area (Å²) in [6.07, 6.45) is 2.67. The summed E-state index contributed by atoms with van der Waals surface area (Å²) in [6, 6.07) is 8.56. The molecule has 0 amide bonds. The Labute approximate surface area is 158 Å². The lowest BCUT2D eigenvalue weighted by Gasteiger charge is -2.30. The second-order valence-electron chi connectivity index (χ2n) is 6.37. The number of nitrogens with zero attached hydrogens (tertiary/aromatic N) is 2. The number of hydrogen-bond donors (Lipinski definition) is 2. The lowest BCUT2D eigenvalue weighted by atomic mass is 9.99. The molecule has 1 aromatic rings.